The summed E-state index contributed by atoms with van der Waals surface area (Å²) < 4.78 is 51.9. The Morgan fingerprint density at radius 3 is 1.75 bits per heavy atom. The average Bonchev–Trinajstić information content (AvgIpc) is 2.62. The molecule has 0 fully saturated rings. The molecule has 1 rings (SSSR count). The van der Waals surface area contributed by atoms with E-state index in [1.807, 2.05) is 0 Å². The molecule has 0 heterocycles. The number of carbonyl (C=O) groups excluding carboxylic acids is 2. The SMILES string of the molecule is CCCCS(=O)(=O)N(c1cc(C)c(N=C=O)cc1N=C=O)S(=O)(=O)CCCC. The molecule has 0 aliphatic rings. The van der Waals surface area contributed by atoms with Crippen LogP contribution in [-0.2, 0) is 29.6 Å². The van der Waals surface area contributed by atoms with Crippen LogP contribution in [0.5, 0.6) is 0 Å². The van der Waals surface area contributed by atoms with Crippen molar-refractivity contribution in [2.24, 2.45) is 9.98 Å². The first-order chi connectivity index (χ1) is 13.1. The number of rotatable bonds is 11. The zero-order valence-corrected chi connectivity index (χ0v) is 17.6. The Morgan fingerprint density at radius 1 is 0.857 bits per heavy atom. The molecule has 0 radical (unpaired) electrons. The molecule has 154 valence electrons. The summed E-state index contributed by atoms with van der Waals surface area (Å²) in [6, 6.07) is 2.37. The Balaban J connectivity index is 3.81. The lowest BCUT2D eigenvalue weighted by atomic mass is 10.1. The van der Waals surface area contributed by atoms with Crippen LogP contribution in [0.25, 0.3) is 0 Å². The molecule has 0 saturated heterocycles. The third kappa shape index (κ3) is 5.84. The maximum atomic E-state index is 12.9. The van der Waals surface area contributed by atoms with Gasteiger partial charge in [0.15, 0.2) is 0 Å². The summed E-state index contributed by atoms with van der Waals surface area (Å²) in [5.74, 6) is -0.765. The first-order valence-electron chi connectivity index (χ1n) is 8.70. The minimum atomic E-state index is -4.26. The highest BCUT2D eigenvalue weighted by Gasteiger charge is 2.35. The summed E-state index contributed by atoms with van der Waals surface area (Å²) in [6.07, 6.45) is 4.25. The number of isocyanates is 2. The van der Waals surface area contributed by atoms with E-state index in [2.05, 4.69) is 9.98 Å². The second-order valence-corrected chi connectivity index (χ2v) is 10.2. The van der Waals surface area contributed by atoms with Crippen LogP contribution in [0.2, 0.25) is 0 Å². The van der Waals surface area contributed by atoms with E-state index in [-0.39, 0.29) is 41.4 Å². The Kier molecular flexibility index (Phi) is 8.71. The van der Waals surface area contributed by atoms with Gasteiger partial charge in [-0.1, -0.05) is 26.7 Å². The molecule has 1 aromatic rings. The monoisotopic (exact) mass is 429 g/mol. The molecule has 9 nitrogen and oxygen atoms in total. The van der Waals surface area contributed by atoms with E-state index in [1.54, 1.807) is 13.8 Å². The summed E-state index contributed by atoms with van der Waals surface area (Å²) in [4.78, 5) is 28.3. The highest BCUT2D eigenvalue weighted by Crippen LogP contribution is 2.38. The predicted octanol–water partition coefficient (Wildman–Crippen LogP) is 3.00. The highest BCUT2D eigenvalue weighted by molar-refractivity contribution is 8.10. The number of aliphatic imine (C=N–C) groups is 2. The van der Waals surface area contributed by atoms with Crippen molar-refractivity contribution >= 4 is 49.3 Å². The molecule has 0 aliphatic carbocycles. The van der Waals surface area contributed by atoms with Crippen LogP contribution in [0.1, 0.15) is 45.1 Å². The maximum Gasteiger partial charge on any atom is 0.248 e. The van der Waals surface area contributed by atoms with E-state index in [4.69, 9.17) is 0 Å². The Bertz CT molecular complexity index is 968. The fraction of sp³-hybridized carbons (Fsp3) is 0.529. The Hall–Kier alpha value is -2.32. The molecule has 11 heteroatoms. The van der Waals surface area contributed by atoms with E-state index in [0.717, 1.165) is 6.07 Å². The molecule has 28 heavy (non-hydrogen) atoms. The molecular formula is C17H23N3O6S2. The summed E-state index contributed by atoms with van der Waals surface area (Å²) in [5, 5.41) is 0. The highest BCUT2D eigenvalue weighted by atomic mass is 32.3. The summed E-state index contributed by atoms with van der Waals surface area (Å²) in [7, 11) is -8.52. The van der Waals surface area contributed by atoms with E-state index in [0.29, 0.717) is 22.1 Å². The molecule has 0 unspecified atom stereocenters. The first kappa shape index (κ1) is 23.7. The lowest BCUT2D eigenvalue weighted by Gasteiger charge is -2.25. The molecule has 1 aromatic carbocycles. The van der Waals surface area contributed by atoms with E-state index in [9.17, 15) is 26.4 Å². The fourth-order valence-electron chi connectivity index (χ4n) is 2.42. The van der Waals surface area contributed by atoms with E-state index < -0.39 is 20.0 Å². The van der Waals surface area contributed by atoms with Gasteiger partial charge in [-0.25, -0.2) is 26.4 Å². The maximum absolute atomic E-state index is 12.9. The largest absolute Gasteiger partial charge is 0.248 e. The summed E-state index contributed by atoms with van der Waals surface area (Å²) in [5.41, 5.74) is -0.151. The van der Waals surface area contributed by atoms with Gasteiger partial charge >= 0.3 is 0 Å². The average molecular weight is 430 g/mol. The number of anilines is 1. The van der Waals surface area contributed by atoms with Crippen LogP contribution in [0.3, 0.4) is 0 Å². The lowest BCUT2D eigenvalue weighted by Crippen LogP contribution is -2.40. The zero-order chi connectivity index (χ0) is 21.4. The molecule has 0 atom stereocenters. The lowest BCUT2D eigenvalue weighted by molar-refractivity contribution is 0.564. The van der Waals surface area contributed by atoms with Gasteiger partial charge in [-0.2, -0.15) is 13.7 Å². The van der Waals surface area contributed by atoms with Crippen LogP contribution >= 0.6 is 0 Å². The predicted molar refractivity (Wildman–Crippen MR) is 107 cm³/mol. The summed E-state index contributed by atoms with van der Waals surface area (Å²) >= 11 is 0. The van der Waals surface area contributed by atoms with Crippen molar-refractivity contribution in [3.63, 3.8) is 0 Å². The van der Waals surface area contributed by atoms with Crippen molar-refractivity contribution < 1.29 is 26.4 Å². The van der Waals surface area contributed by atoms with E-state index >= 15 is 0 Å². The van der Waals surface area contributed by atoms with Gasteiger partial charge in [0.05, 0.1) is 22.9 Å². The first-order valence-corrected chi connectivity index (χ1v) is 11.9. The van der Waals surface area contributed by atoms with Crippen LogP contribution in [0, 0.1) is 6.92 Å². The molecule has 0 bridgehead atoms. The van der Waals surface area contributed by atoms with Gasteiger partial charge in [-0.15, -0.1) is 0 Å². The van der Waals surface area contributed by atoms with Gasteiger partial charge in [0.25, 0.3) is 0 Å². The van der Waals surface area contributed by atoms with Gasteiger partial charge in [-0.05, 0) is 37.5 Å². The molecule has 0 saturated carbocycles. The van der Waals surface area contributed by atoms with Crippen LogP contribution in [0.4, 0.5) is 17.1 Å². The van der Waals surface area contributed by atoms with Crippen LogP contribution < -0.4 is 3.71 Å². The number of nitrogens with zero attached hydrogens (tertiary/aromatic N) is 3. The number of sulfonamides is 2. The van der Waals surface area contributed by atoms with Gasteiger partial charge < -0.3 is 0 Å². The van der Waals surface area contributed by atoms with Gasteiger partial charge in [0, 0.05) is 0 Å². The normalized spacial score (nSPS) is 11.4. The van der Waals surface area contributed by atoms with Gasteiger partial charge in [0.2, 0.25) is 32.2 Å². The molecule has 0 aliphatic heterocycles. The van der Waals surface area contributed by atoms with Crippen molar-refractivity contribution in [2.75, 3.05) is 15.2 Å². The number of hydrogen-bond donors (Lipinski definition) is 0. The van der Waals surface area contributed by atoms with Crippen molar-refractivity contribution in [3.8, 4) is 0 Å². The number of unbranched alkanes of at least 4 members (excludes halogenated alkanes) is 2. The van der Waals surface area contributed by atoms with Gasteiger partial charge in [0.1, 0.15) is 5.69 Å². The smallest absolute Gasteiger partial charge is 0.211 e. The van der Waals surface area contributed by atoms with E-state index in [1.165, 1.54) is 25.1 Å². The standard InChI is InChI=1S/C17H23N3O6S2/c1-4-6-8-27(23,24)20(28(25,26)9-7-5-2)17-10-14(3)15(18-12-21)11-16(17)19-13-22/h10-11H,4-9H2,1-3H3. The van der Waals surface area contributed by atoms with Crippen molar-refractivity contribution in [1.29, 1.82) is 0 Å². The van der Waals surface area contributed by atoms with Crippen LogP contribution in [0.15, 0.2) is 22.1 Å². The molecular weight excluding hydrogens is 406 g/mol. The zero-order valence-electron chi connectivity index (χ0n) is 16.0. The van der Waals surface area contributed by atoms with Crippen molar-refractivity contribution in [3.05, 3.63) is 17.7 Å². The second-order valence-electron chi connectivity index (χ2n) is 6.07. The topological polar surface area (TPSA) is 130 Å². The third-order valence-corrected chi connectivity index (χ3v) is 8.21. The minimum absolute atomic E-state index is 0.0876. The third-order valence-electron chi connectivity index (χ3n) is 3.84. The second kappa shape index (κ2) is 10.3. The quantitative estimate of drug-likeness (QED) is 0.392. The number of hydrogen-bond acceptors (Lipinski definition) is 8. The number of benzene rings is 1. The molecule has 0 aromatic heterocycles. The number of aryl methyl sites for hydroxylation is 1. The molecule has 0 spiro atoms. The molecule has 0 amide bonds. The summed E-state index contributed by atoms with van der Waals surface area (Å²) in [6.45, 7) is 5.08. The fourth-order valence-corrected chi connectivity index (χ4v) is 6.78. The minimum Gasteiger partial charge on any atom is -0.211 e. The van der Waals surface area contributed by atoms with Gasteiger partial charge in [-0.3, -0.25) is 0 Å². The van der Waals surface area contributed by atoms with Crippen molar-refractivity contribution in [2.45, 2.75) is 46.5 Å². The Labute approximate surface area is 165 Å². The Morgan fingerprint density at radius 2 is 1.32 bits per heavy atom. The molecule has 0 N–H and O–H groups in total. The van der Waals surface area contributed by atoms with Crippen molar-refractivity contribution in [1.82, 2.24) is 0 Å². The van der Waals surface area contributed by atoms with Crippen LogP contribution in [-0.4, -0.2) is 40.5 Å².